The van der Waals surface area contributed by atoms with Crippen molar-refractivity contribution in [1.82, 2.24) is 5.32 Å². The molecule has 0 aliphatic carbocycles. The zero-order chi connectivity index (χ0) is 11.7. The Morgan fingerprint density at radius 2 is 2.47 bits per heavy atom. The number of hydrogen-bond acceptors (Lipinski definition) is 5. The summed E-state index contributed by atoms with van der Waals surface area (Å²) < 4.78 is 5.19. The number of aliphatic imine (C=N–C) groups is 4. The first-order valence-electron chi connectivity index (χ1n) is 5.00. The summed E-state index contributed by atoms with van der Waals surface area (Å²) in [6.07, 6.45) is 3.08. The van der Waals surface area contributed by atoms with Crippen LogP contribution in [0.15, 0.2) is 42.8 Å². The lowest BCUT2D eigenvalue weighted by molar-refractivity contribution is 0.512. The van der Waals surface area contributed by atoms with Crippen LogP contribution < -0.4 is 5.32 Å². The van der Waals surface area contributed by atoms with Gasteiger partial charge in [0.15, 0.2) is 11.9 Å². The van der Waals surface area contributed by atoms with Crippen LogP contribution in [-0.4, -0.2) is 29.3 Å². The molecule has 86 valence electrons. The van der Waals surface area contributed by atoms with Crippen LogP contribution in [0.4, 0.5) is 0 Å². The largest absolute Gasteiger partial charge is 0.467 e. The predicted molar refractivity (Wildman–Crippen MR) is 66.0 cm³/mol. The van der Waals surface area contributed by atoms with Gasteiger partial charge in [0.25, 0.3) is 0 Å². The zero-order valence-corrected chi connectivity index (χ0v) is 9.42. The van der Waals surface area contributed by atoms with E-state index >= 15 is 0 Å². The van der Waals surface area contributed by atoms with Crippen LogP contribution in [0.2, 0.25) is 0 Å². The van der Waals surface area contributed by atoms with Gasteiger partial charge in [-0.1, -0.05) is 0 Å². The molecule has 0 fully saturated rings. The predicted octanol–water partition coefficient (Wildman–Crippen LogP) is 1.19. The topological polar surface area (TPSA) is 74.6 Å². The Kier molecular flexibility index (Phi) is 2.49. The van der Waals surface area contributed by atoms with Gasteiger partial charge in [0, 0.05) is 0 Å². The molecule has 1 N–H and O–H groups in total. The Balaban J connectivity index is 1.85. The van der Waals surface area contributed by atoms with Gasteiger partial charge in [0.2, 0.25) is 5.29 Å². The van der Waals surface area contributed by atoms with Crippen LogP contribution in [-0.2, 0) is 6.54 Å². The highest BCUT2D eigenvalue weighted by molar-refractivity contribution is 6.67. The van der Waals surface area contributed by atoms with E-state index in [1.54, 1.807) is 6.26 Å². The van der Waals surface area contributed by atoms with Crippen molar-refractivity contribution in [1.29, 1.82) is 0 Å². The van der Waals surface area contributed by atoms with Crippen molar-refractivity contribution < 1.29 is 4.42 Å². The van der Waals surface area contributed by atoms with E-state index in [0.29, 0.717) is 18.2 Å². The Bertz CT molecular complexity index is 543. The van der Waals surface area contributed by atoms with Gasteiger partial charge >= 0.3 is 0 Å². The molecule has 2 aliphatic heterocycles. The van der Waals surface area contributed by atoms with Crippen molar-refractivity contribution in [2.45, 2.75) is 12.6 Å². The third kappa shape index (κ3) is 1.99. The molecule has 1 aromatic heterocycles. The minimum Gasteiger partial charge on any atom is -0.467 e. The summed E-state index contributed by atoms with van der Waals surface area (Å²) in [4.78, 5) is 16.6. The number of halogens is 1. The van der Waals surface area contributed by atoms with E-state index in [-0.39, 0.29) is 11.3 Å². The Morgan fingerprint density at radius 3 is 3.29 bits per heavy atom. The monoisotopic (exact) mass is 249 g/mol. The van der Waals surface area contributed by atoms with Crippen LogP contribution >= 0.6 is 11.6 Å². The lowest BCUT2D eigenvalue weighted by atomic mass is 10.2. The lowest BCUT2D eigenvalue weighted by Gasteiger charge is -2.17. The Labute approximate surface area is 102 Å². The second-order valence-electron chi connectivity index (χ2n) is 3.46. The molecule has 1 unspecified atom stereocenters. The molecule has 2 aliphatic rings. The maximum absolute atomic E-state index is 5.84. The van der Waals surface area contributed by atoms with Crippen molar-refractivity contribution in [3.05, 3.63) is 24.2 Å². The fourth-order valence-electron chi connectivity index (χ4n) is 1.57. The molecule has 0 amide bonds. The molecule has 3 rings (SSSR count). The summed E-state index contributed by atoms with van der Waals surface area (Å²) in [7, 11) is 0. The maximum atomic E-state index is 5.84. The molecular weight excluding hydrogens is 242 g/mol. The van der Waals surface area contributed by atoms with Crippen LogP contribution in [0, 0.1) is 0 Å². The molecule has 7 heteroatoms. The molecule has 0 saturated carbocycles. The first-order chi connectivity index (χ1) is 8.33. The second kappa shape index (κ2) is 4.14. The van der Waals surface area contributed by atoms with E-state index in [9.17, 15) is 0 Å². The van der Waals surface area contributed by atoms with Gasteiger partial charge in [-0.05, 0) is 23.7 Å². The number of nitrogens with zero attached hydrogens (tertiary/aromatic N) is 4. The summed E-state index contributed by atoms with van der Waals surface area (Å²) >= 11 is 5.84. The molecule has 3 heterocycles. The van der Waals surface area contributed by atoms with Gasteiger partial charge in [0.05, 0.1) is 12.8 Å². The third-order valence-corrected chi connectivity index (χ3v) is 2.52. The SMILES string of the molecule is ClC1=NC(=NCc2ccco2)C2N=CN=C2N1. The van der Waals surface area contributed by atoms with Crippen LogP contribution in [0.3, 0.4) is 0 Å². The number of hydrogen-bond donors (Lipinski definition) is 1. The van der Waals surface area contributed by atoms with Gasteiger partial charge in [-0.3, -0.25) is 9.98 Å². The number of amidine groups is 3. The normalized spacial score (nSPS) is 24.3. The fourth-order valence-corrected chi connectivity index (χ4v) is 1.76. The van der Waals surface area contributed by atoms with E-state index in [4.69, 9.17) is 16.0 Å². The molecular formula is C10H8ClN5O. The highest BCUT2D eigenvalue weighted by Crippen LogP contribution is 2.11. The first kappa shape index (κ1) is 10.2. The zero-order valence-electron chi connectivity index (χ0n) is 8.67. The fraction of sp³-hybridized carbons (Fsp3) is 0.200. The van der Waals surface area contributed by atoms with E-state index in [1.807, 2.05) is 12.1 Å². The Morgan fingerprint density at radius 1 is 1.53 bits per heavy atom. The molecule has 1 aromatic rings. The highest BCUT2D eigenvalue weighted by Gasteiger charge is 2.29. The van der Waals surface area contributed by atoms with Crippen molar-refractivity contribution >= 4 is 34.9 Å². The van der Waals surface area contributed by atoms with E-state index in [0.717, 1.165) is 5.76 Å². The molecule has 6 nitrogen and oxygen atoms in total. The van der Waals surface area contributed by atoms with Crippen molar-refractivity contribution in [2.75, 3.05) is 0 Å². The number of furan rings is 1. The average molecular weight is 250 g/mol. The average Bonchev–Trinajstić information content (AvgIpc) is 2.95. The molecule has 0 spiro atoms. The highest BCUT2D eigenvalue weighted by atomic mass is 35.5. The number of rotatable bonds is 2. The van der Waals surface area contributed by atoms with Gasteiger partial charge in [-0.25, -0.2) is 9.98 Å². The summed E-state index contributed by atoms with van der Waals surface area (Å²) in [5.41, 5.74) is 0. The molecule has 17 heavy (non-hydrogen) atoms. The molecule has 1 atom stereocenters. The minimum atomic E-state index is -0.271. The standard InChI is InChI=1S/C10H8ClN5O/c11-10-15-8(7-9(16-10)14-5-13-7)12-4-6-2-1-3-17-6/h1-3,5,7H,4H2,(H,12,13,14,15,16). The minimum absolute atomic E-state index is 0.253. The van der Waals surface area contributed by atoms with Gasteiger partial charge < -0.3 is 9.73 Å². The van der Waals surface area contributed by atoms with Crippen LogP contribution in [0.25, 0.3) is 0 Å². The van der Waals surface area contributed by atoms with Crippen LogP contribution in [0.5, 0.6) is 0 Å². The smallest absolute Gasteiger partial charge is 0.203 e. The quantitative estimate of drug-likeness (QED) is 0.800. The maximum Gasteiger partial charge on any atom is 0.203 e. The molecule has 0 bridgehead atoms. The van der Waals surface area contributed by atoms with E-state index in [1.165, 1.54) is 6.34 Å². The van der Waals surface area contributed by atoms with E-state index in [2.05, 4.69) is 25.3 Å². The molecule has 0 aromatic carbocycles. The van der Waals surface area contributed by atoms with Gasteiger partial charge in [-0.2, -0.15) is 0 Å². The number of nitrogens with one attached hydrogen (secondary N) is 1. The summed E-state index contributed by atoms with van der Waals surface area (Å²) in [6, 6.07) is 3.39. The first-order valence-corrected chi connectivity index (χ1v) is 5.38. The lowest BCUT2D eigenvalue weighted by Crippen LogP contribution is -2.43. The van der Waals surface area contributed by atoms with Crippen LogP contribution in [0.1, 0.15) is 5.76 Å². The number of fused-ring (bicyclic) bond motifs is 1. The van der Waals surface area contributed by atoms with E-state index < -0.39 is 0 Å². The summed E-state index contributed by atoms with van der Waals surface area (Å²) in [5.74, 6) is 1.96. The van der Waals surface area contributed by atoms with Gasteiger partial charge in [-0.15, -0.1) is 0 Å². The molecule has 0 saturated heterocycles. The second-order valence-corrected chi connectivity index (χ2v) is 3.82. The summed E-state index contributed by atoms with van der Waals surface area (Å²) in [5, 5.41) is 3.09. The third-order valence-electron chi connectivity index (χ3n) is 2.34. The van der Waals surface area contributed by atoms with Gasteiger partial charge in [0.1, 0.15) is 17.9 Å². The molecule has 0 radical (unpaired) electrons. The van der Waals surface area contributed by atoms with Crippen molar-refractivity contribution in [3.8, 4) is 0 Å². The summed E-state index contributed by atoms with van der Waals surface area (Å²) in [6.45, 7) is 0.412. The van der Waals surface area contributed by atoms with Crippen molar-refractivity contribution in [2.24, 2.45) is 20.0 Å². The Hall–Kier alpha value is -1.95. The van der Waals surface area contributed by atoms with Crippen molar-refractivity contribution in [3.63, 3.8) is 0 Å².